The first kappa shape index (κ1) is 26.5. The zero-order valence-electron chi connectivity index (χ0n) is 26.6. The fraction of sp³-hybridized carbons (Fsp3) is 0. The summed E-state index contributed by atoms with van der Waals surface area (Å²) in [7, 11) is 0. The predicted octanol–water partition coefficient (Wildman–Crippen LogP) is 12.1. The average Bonchev–Trinajstić information content (AvgIpc) is 3.80. The van der Waals surface area contributed by atoms with Gasteiger partial charge < -0.3 is 13.7 Å². The number of fused-ring (bicyclic) bond motifs is 10. The smallest absolute Gasteiger partial charge is 0.0542 e. The minimum absolute atomic E-state index is 1.16. The summed E-state index contributed by atoms with van der Waals surface area (Å²) in [6.07, 6.45) is 0. The lowest BCUT2D eigenvalue weighted by Gasteiger charge is -2.12. The van der Waals surface area contributed by atoms with Crippen LogP contribution in [0.4, 0.5) is 0 Å². The van der Waals surface area contributed by atoms with Crippen LogP contribution in [0.3, 0.4) is 0 Å². The first-order chi connectivity index (χ1) is 24.3. The molecule has 0 amide bonds. The Morgan fingerprint density at radius 3 is 1.02 bits per heavy atom. The Hall–Kier alpha value is -6.58. The van der Waals surface area contributed by atoms with Gasteiger partial charge in [-0.2, -0.15) is 0 Å². The second-order valence-electron chi connectivity index (χ2n) is 13.0. The van der Waals surface area contributed by atoms with E-state index in [1.54, 1.807) is 0 Å². The Balaban J connectivity index is 1.15. The SMILES string of the molecule is c1ccc2cc(-n3c4ccccc4c4cc(-n5c6ccccc6c6cc(-n7c8ccccc8c8ccccc87)ccc65)ccc43)ccc2c1. The number of rotatable bonds is 3. The van der Waals surface area contributed by atoms with E-state index in [9.17, 15) is 0 Å². The number of hydrogen-bond donors (Lipinski definition) is 0. The molecule has 0 aliphatic carbocycles. The lowest BCUT2D eigenvalue weighted by Crippen LogP contribution is -1.96. The molecule has 3 heterocycles. The van der Waals surface area contributed by atoms with Crippen molar-refractivity contribution in [1.29, 1.82) is 0 Å². The van der Waals surface area contributed by atoms with E-state index in [0.29, 0.717) is 0 Å². The number of para-hydroxylation sites is 4. The van der Waals surface area contributed by atoms with Crippen LogP contribution in [0.25, 0.3) is 93.3 Å². The van der Waals surface area contributed by atoms with Gasteiger partial charge in [0.25, 0.3) is 0 Å². The molecule has 8 aromatic carbocycles. The van der Waals surface area contributed by atoms with Crippen molar-refractivity contribution in [3.63, 3.8) is 0 Å². The Kier molecular flexibility index (Phi) is 5.38. The van der Waals surface area contributed by atoms with Crippen molar-refractivity contribution in [3.8, 4) is 17.1 Å². The summed E-state index contributed by atoms with van der Waals surface area (Å²) in [5, 5.41) is 10.0. The molecule has 0 saturated carbocycles. The van der Waals surface area contributed by atoms with Gasteiger partial charge in [0, 0.05) is 49.4 Å². The number of hydrogen-bond acceptors (Lipinski definition) is 0. The topological polar surface area (TPSA) is 14.8 Å². The first-order valence-electron chi connectivity index (χ1n) is 16.9. The highest BCUT2D eigenvalue weighted by molar-refractivity contribution is 6.14. The molecule has 3 nitrogen and oxygen atoms in total. The van der Waals surface area contributed by atoms with Crippen LogP contribution in [0.2, 0.25) is 0 Å². The van der Waals surface area contributed by atoms with Crippen molar-refractivity contribution in [2.45, 2.75) is 0 Å². The van der Waals surface area contributed by atoms with Gasteiger partial charge in [0.05, 0.1) is 33.1 Å². The zero-order valence-corrected chi connectivity index (χ0v) is 26.6. The number of benzene rings is 8. The molecule has 49 heavy (non-hydrogen) atoms. The molecule has 0 radical (unpaired) electrons. The van der Waals surface area contributed by atoms with E-state index in [-0.39, 0.29) is 0 Å². The Morgan fingerprint density at radius 2 is 0.551 bits per heavy atom. The van der Waals surface area contributed by atoms with Gasteiger partial charge in [0.2, 0.25) is 0 Å². The fourth-order valence-electron chi connectivity index (χ4n) is 8.27. The van der Waals surface area contributed by atoms with Crippen molar-refractivity contribution in [2.24, 2.45) is 0 Å². The Labute approximate surface area is 282 Å². The number of aromatic nitrogens is 3. The second-order valence-corrected chi connectivity index (χ2v) is 13.0. The molecule has 11 aromatic rings. The highest BCUT2D eigenvalue weighted by Crippen LogP contribution is 2.39. The second kappa shape index (κ2) is 9.96. The molecule has 0 spiro atoms. The van der Waals surface area contributed by atoms with Gasteiger partial charge in [-0.25, -0.2) is 0 Å². The van der Waals surface area contributed by atoms with Crippen molar-refractivity contribution in [2.75, 3.05) is 0 Å². The van der Waals surface area contributed by atoms with Gasteiger partial charge in [-0.05, 0) is 83.6 Å². The van der Waals surface area contributed by atoms with Crippen LogP contribution in [0.15, 0.2) is 176 Å². The molecule has 11 rings (SSSR count). The van der Waals surface area contributed by atoms with Crippen LogP contribution in [-0.4, -0.2) is 13.7 Å². The van der Waals surface area contributed by atoms with E-state index in [1.807, 2.05) is 0 Å². The maximum absolute atomic E-state index is 2.43. The van der Waals surface area contributed by atoms with Crippen molar-refractivity contribution >= 4 is 76.2 Å². The highest BCUT2D eigenvalue weighted by atomic mass is 15.0. The van der Waals surface area contributed by atoms with Gasteiger partial charge in [-0.15, -0.1) is 0 Å². The van der Waals surface area contributed by atoms with E-state index in [2.05, 4.69) is 190 Å². The molecule has 0 atom stereocenters. The summed E-state index contributed by atoms with van der Waals surface area (Å²) in [5.74, 6) is 0. The molecule has 0 aliphatic rings. The standard InChI is InChI=1S/C46H29N3/c1-2-12-31-27-32(22-21-30(31)11-1)47-43-19-9-5-15-37(43)39-29-34(24-25-45(39)47)49-44-20-10-6-16-38(44)40-28-33(23-26-46(40)49)48-41-17-7-3-13-35(41)36-14-4-8-18-42(36)48/h1-29H. The Morgan fingerprint density at radius 1 is 0.224 bits per heavy atom. The molecule has 0 unspecified atom stereocenters. The van der Waals surface area contributed by atoms with E-state index < -0.39 is 0 Å². The van der Waals surface area contributed by atoms with Crippen LogP contribution in [0, 0.1) is 0 Å². The molecule has 3 heteroatoms. The molecule has 0 bridgehead atoms. The quantitative estimate of drug-likeness (QED) is 0.186. The summed E-state index contributed by atoms with van der Waals surface area (Å²) in [6.45, 7) is 0. The van der Waals surface area contributed by atoms with Crippen LogP contribution in [-0.2, 0) is 0 Å². The van der Waals surface area contributed by atoms with Crippen molar-refractivity contribution in [3.05, 3.63) is 176 Å². The summed E-state index contributed by atoms with van der Waals surface area (Å²) < 4.78 is 7.25. The largest absolute Gasteiger partial charge is 0.309 e. The van der Waals surface area contributed by atoms with Gasteiger partial charge in [-0.3, -0.25) is 0 Å². The molecule has 228 valence electrons. The molecule has 3 aromatic heterocycles. The summed E-state index contributed by atoms with van der Waals surface area (Å²) in [5.41, 5.74) is 10.8. The minimum atomic E-state index is 1.16. The van der Waals surface area contributed by atoms with Crippen LogP contribution in [0.1, 0.15) is 0 Å². The maximum atomic E-state index is 2.43. The normalized spacial score (nSPS) is 12.1. The van der Waals surface area contributed by atoms with Crippen molar-refractivity contribution in [1.82, 2.24) is 13.7 Å². The Bertz CT molecular complexity index is 3060. The first-order valence-corrected chi connectivity index (χ1v) is 16.9. The molecule has 0 saturated heterocycles. The maximum Gasteiger partial charge on any atom is 0.0542 e. The van der Waals surface area contributed by atoms with E-state index in [1.165, 1.54) is 87.6 Å². The van der Waals surface area contributed by atoms with Gasteiger partial charge in [-0.1, -0.05) is 103 Å². The van der Waals surface area contributed by atoms with Crippen LogP contribution < -0.4 is 0 Å². The summed E-state index contributed by atoms with van der Waals surface area (Å²) in [4.78, 5) is 0. The van der Waals surface area contributed by atoms with Gasteiger partial charge >= 0.3 is 0 Å². The van der Waals surface area contributed by atoms with Gasteiger partial charge in [0.1, 0.15) is 0 Å². The van der Waals surface area contributed by atoms with Crippen LogP contribution >= 0.6 is 0 Å². The van der Waals surface area contributed by atoms with Crippen LogP contribution in [0.5, 0.6) is 0 Å². The third-order valence-electron chi connectivity index (χ3n) is 10.4. The van der Waals surface area contributed by atoms with E-state index in [0.717, 1.165) is 5.69 Å². The zero-order chi connectivity index (χ0) is 32.1. The molecule has 0 aliphatic heterocycles. The van der Waals surface area contributed by atoms with Crippen molar-refractivity contribution < 1.29 is 0 Å². The minimum Gasteiger partial charge on any atom is -0.309 e. The molecular weight excluding hydrogens is 595 g/mol. The third-order valence-corrected chi connectivity index (χ3v) is 10.4. The number of nitrogens with zero attached hydrogens (tertiary/aromatic N) is 3. The van der Waals surface area contributed by atoms with E-state index in [4.69, 9.17) is 0 Å². The van der Waals surface area contributed by atoms with Gasteiger partial charge in [0.15, 0.2) is 0 Å². The molecule has 0 fully saturated rings. The predicted molar refractivity (Wildman–Crippen MR) is 207 cm³/mol. The summed E-state index contributed by atoms with van der Waals surface area (Å²) in [6, 6.07) is 64.3. The molecular formula is C46H29N3. The monoisotopic (exact) mass is 623 g/mol. The summed E-state index contributed by atoms with van der Waals surface area (Å²) >= 11 is 0. The van der Waals surface area contributed by atoms with E-state index >= 15 is 0 Å². The average molecular weight is 624 g/mol. The molecule has 0 N–H and O–H groups in total. The fourth-order valence-corrected chi connectivity index (χ4v) is 8.27. The third kappa shape index (κ3) is 3.73. The lowest BCUT2D eigenvalue weighted by molar-refractivity contribution is 1.16. The lowest BCUT2D eigenvalue weighted by atomic mass is 10.1. The highest BCUT2D eigenvalue weighted by Gasteiger charge is 2.18.